The summed E-state index contributed by atoms with van der Waals surface area (Å²) in [5, 5.41) is 9.78. The highest BCUT2D eigenvalue weighted by molar-refractivity contribution is 5.40. The molecule has 2 nitrogen and oxygen atoms in total. The van der Waals surface area contributed by atoms with Crippen molar-refractivity contribution >= 4 is 0 Å². The van der Waals surface area contributed by atoms with E-state index >= 15 is 0 Å². The highest BCUT2D eigenvalue weighted by atomic mass is 19.2. The van der Waals surface area contributed by atoms with Crippen LogP contribution in [0.1, 0.15) is 37.4 Å². The van der Waals surface area contributed by atoms with Gasteiger partial charge in [0.1, 0.15) is 0 Å². The molecule has 0 heterocycles. The van der Waals surface area contributed by atoms with E-state index < -0.39 is 23.8 Å². The summed E-state index contributed by atoms with van der Waals surface area (Å²) in [6, 6.07) is 1.65. The number of aliphatic hydroxyl groups excluding tert-OH is 1. The van der Waals surface area contributed by atoms with Gasteiger partial charge in [-0.05, 0) is 35.1 Å². The van der Waals surface area contributed by atoms with E-state index in [0.29, 0.717) is 17.5 Å². The van der Waals surface area contributed by atoms with Crippen LogP contribution in [0.2, 0.25) is 0 Å². The third kappa shape index (κ3) is 1.62. The lowest BCUT2D eigenvalue weighted by Crippen LogP contribution is -2.40. The fourth-order valence-electron chi connectivity index (χ4n) is 2.39. The topological polar surface area (TPSA) is 46.2 Å². The molecule has 3 N–H and O–H groups in total. The lowest BCUT2D eigenvalue weighted by molar-refractivity contribution is 0.0990. The number of halogens is 2. The Morgan fingerprint density at radius 2 is 1.88 bits per heavy atom. The van der Waals surface area contributed by atoms with Gasteiger partial charge in [-0.3, -0.25) is 0 Å². The smallest absolute Gasteiger partial charge is 0.159 e. The van der Waals surface area contributed by atoms with Crippen molar-refractivity contribution in [2.24, 2.45) is 5.73 Å². The van der Waals surface area contributed by atoms with Gasteiger partial charge in [-0.15, -0.1) is 0 Å². The van der Waals surface area contributed by atoms with Crippen molar-refractivity contribution in [1.29, 1.82) is 0 Å². The highest BCUT2D eigenvalue weighted by Gasteiger charge is 2.37. The van der Waals surface area contributed by atoms with Crippen LogP contribution in [0.15, 0.2) is 12.1 Å². The monoisotopic (exact) mass is 227 g/mol. The van der Waals surface area contributed by atoms with Gasteiger partial charge >= 0.3 is 0 Å². The van der Waals surface area contributed by atoms with Gasteiger partial charge in [-0.2, -0.15) is 0 Å². The first kappa shape index (κ1) is 11.5. The number of fused-ring (bicyclic) bond motifs is 1. The van der Waals surface area contributed by atoms with Crippen molar-refractivity contribution in [3.63, 3.8) is 0 Å². The first-order valence-electron chi connectivity index (χ1n) is 5.26. The third-order valence-electron chi connectivity index (χ3n) is 3.31. The summed E-state index contributed by atoms with van der Waals surface area (Å²) in [6.07, 6.45) is -0.265. The van der Waals surface area contributed by atoms with Crippen LogP contribution in [0.4, 0.5) is 8.78 Å². The maximum absolute atomic E-state index is 13.2. The molecular formula is C12H15F2NO. The number of hydrogen-bond donors (Lipinski definition) is 2. The number of aliphatic hydroxyl groups is 1. The number of nitrogens with two attached hydrogens (primary N) is 1. The Morgan fingerprint density at radius 3 is 2.50 bits per heavy atom. The molecule has 88 valence electrons. The molecule has 2 rings (SSSR count). The molecule has 2 atom stereocenters. The van der Waals surface area contributed by atoms with Gasteiger partial charge in [0, 0.05) is 0 Å². The normalized spacial score (nSPS) is 27.6. The summed E-state index contributed by atoms with van der Waals surface area (Å²) in [7, 11) is 0. The van der Waals surface area contributed by atoms with Crippen molar-refractivity contribution in [3.05, 3.63) is 34.9 Å². The molecule has 0 amide bonds. The average molecular weight is 227 g/mol. The molecule has 1 aliphatic carbocycles. The quantitative estimate of drug-likeness (QED) is 0.712. The number of hydrogen-bond acceptors (Lipinski definition) is 2. The van der Waals surface area contributed by atoms with Gasteiger partial charge in [0.15, 0.2) is 11.6 Å². The molecule has 0 saturated heterocycles. The van der Waals surface area contributed by atoms with Crippen molar-refractivity contribution in [1.82, 2.24) is 0 Å². The first-order valence-corrected chi connectivity index (χ1v) is 5.26. The second-order valence-electron chi connectivity index (χ2n) is 5.03. The van der Waals surface area contributed by atoms with Crippen molar-refractivity contribution in [3.8, 4) is 0 Å². The average Bonchev–Trinajstić information content (AvgIpc) is 2.17. The summed E-state index contributed by atoms with van der Waals surface area (Å²) in [5.41, 5.74) is 6.59. The van der Waals surface area contributed by atoms with E-state index in [0.717, 1.165) is 6.07 Å². The van der Waals surface area contributed by atoms with Crippen LogP contribution in [0.3, 0.4) is 0 Å². The number of benzene rings is 1. The Morgan fingerprint density at radius 1 is 1.31 bits per heavy atom. The molecule has 0 aliphatic heterocycles. The van der Waals surface area contributed by atoms with E-state index in [4.69, 9.17) is 5.73 Å². The zero-order valence-corrected chi connectivity index (χ0v) is 9.30. The Bertz CT molecular complexity index is 431. The second kappa shape index (κ2) is 3.50. The van der Waals surface area contributed by atoms with Crippen LogP contribution < -0.4 is 5.73 Å². The van der Waals surface area contributed by atoms with Crippen LogP contribution >= 0.6 is 0 Å². The minimum atomic E-state index is -0.917. The molecule has 0 radical (unpaired) electrons. The maximum Gasteiger partial charge on any atom is 0.159 e. The molecule has 0 unspecified atom stereocenters. The Kier molecular flexibility index (Phi) is 2.51. The molecular weight excluding hydrogens is 212 g/mol. The fourth-order valence-corrected chi connectivity index (χ4v) is 2.39. The van der Waals surface area contributed by atoms with Crippen molar-refractivity contribution in [2.75, 3.05) is 0 Å². The van der Waals surface area contributed by atoms with Crippen molar-refractivity contribution in [2.45, 2.75) is 37.8 Å². The number of rotatable bonds is 0. The van der Waals surface area contributed by atoms with Crippen LogP contribution in [0, 0.1) is 11.6 Å². The third-order valence-corrected chi connectivity index (χ3v) is 3.31. The SMILES string of the molecule is CC1(C)C[C@@H](O)[C@H](N)c2cc(F)c(F)cc21. The van der Waals surface area contributed by atoms with E-state index in [9.17, 15) is 13.9 Å². The van der Waals surface area contributed by atoms with E-state index in [2.05, 4.69) is 0 Å². The Balaban J connectivity index is 2.64. The lowest BCUT2D eigenvalue weighted by Gasteiger charge is -2.39. The van der Waals surface area contributed by atoms with Crippen LogP contribution in [0.25, 0.3) is 0 Å². The van der Waals surface area contributed by atoms with Gasteiger partial charge in [0.25, 0.3) is 0 Å². The van der Waals surface area contributed by atoms with E-state index in [1.807, 2.05) is 13.8 Å². The van der Waals surface area contributed by atoms with Crippen LogP contribution in [0.5, 0.6) is 0 Å². The van der Waals surface area contributed by atoms with E-state index in [1.54, 1.807) is 0 Å². The predicted octanol–water partition coefficient (Wildman–Crippen LogP) is 2.01. The standard InChI is InChI=1S/C12H15F2NO/c1-12(2)5-10(16)11(15)6-3-8(13)9(14)4-7(6)12/h3-4,10-11,16H,5,15H2,1-2H3/t10-,11-/m1/s1. The molecule has 0 aromatic heterocycles. The molecule has 16 heavy (non-hydrogen) atoms. The summed E-state index contributed by atoms with van der Waals surface area (Å²) < 4.78 is 26.3. The van der Waals surface area contributed by atoms with E-state index in [1.165, 1.54) is 6.07 Å². The first-order chi connectivity index (χ1) is 7.33. The van der Waals surface area contributed by atoms with Crippen molar-refractivity contribution < 1.29 is 13.9 Å². The fraction of sp³-hybridized carbons (Fsp3) is 0.500. The minimum Gasteiger partial charge on any atom is -0.391 e. The Labute approximate surface area is 93.1 Å². The van der Waals surface area contributed by atoms with Crippen LogP contribution in [-0.4, -0.2) is 11.2 Å². The summed E-state index contributed by atoms with van der Waals surface area (Å²) >= 11 is 0. The zero-order chi connectivity index (χ0) is 12.1. The molecule has 1 aromatic carbocycles. The van der Waals surface area contributed by atoms with Gasteiger partial charge in [0.05, 0.1) is 12.1 Å². The Hall–Kier alpha value is -1.00. The largest absolute Gasteiger partial charge is 0.391 e. The summed E-state index contributed by atoms with van der Waals surface area (Å²) in [6.45, 7) is 3.77. The molecule has 1 aliphatic rings. The zero-order valence-electron chi connectivity index (χ0n) is 9.30. The predicted molar refractivity (Wildman–Crippen MR) is 56.9 cm³/mol. The lowest BCUT2D eigenvalue weighted by atomic mass is 9.70. The molecule has 0 saturated carbocycles. The molecule has 0 fully saturated rings. The molecule has 4 heteroatoms. The summed E-state index contributed by atoms with van der Waals surface area (Å²) in [4.78, 5) is 0. The van der Waals surface area contributed by atoms with E-state index in [-0.39, 0.29) is 5.41 Å². The van der Waals surface area contributed by atoms with Gasteiger partial charge in [0.2, 0.25) is 0 Å². The molecule has 1 aromatic rings. The minimum absolute atomic E-state index is 0.390. The van der Waals surface area contributed by atoms with Crippen LogP contribution in [-0.2, 0) is 5.41 Å². The van der Waals surface area contributed by atoms with Gasteiger partial charge in [-0.1, -0.05) is 13.8 Å². The molecule has 0 spiro atoms. The van der Waals surface area contributed by atoms with Gasteiger partial charge < -0.3 is 10.8 Å². The highest BCUT2D eigenvalue weighted by Crippen LogP contribution is 2.41. The second-order valence-corrected chi connectivity index (χ2v) is 5.03. The maximum atomic E-state index is 13.2. The molecule has 0 bridgehead atoms. The van der Waals surface area contributed by atoms with Gasteiger partial charge in [-0.25, -0.2) is 8.78 Å². The summed E-state index contributed by atoms with van der Waals surface area (Å²) in [5.74, 6) is -1.78.